The predicted molar refractivity (Wildman–Crippen MR) is 67.4 cm³/mol. The quantitative estimate of drug-likeness (QED) is 0.842. The molecule has 0 aliphatic rings. The Morgan fingerprint density at radius 1 is 1.47 bits per heavy atom. The van der Waals surface area contributed by atoms with Crippen LogP contribution in [-0.4, -0.2) is 19.6 Å². The van der Waals surface area contributed by atoms with Gasteiger partial charge >= 0.3 is 5.97 Å². The van der Waals surface area contributed by atoms with E-state index < -0.39 is 0 Å². The average Bonchev–Trinajstić information content (AvgIpc) is 2.15. The van der Waals surface area contributed by atoms with Crippen LogP contribution < -0.4 is 5.32 Å². The van der Waals surface area contributed by atoms with Crippen molar-refractivity contribution < 1.29 is 9.53 Å². The smallest absolute Gasteiger partial charge is 0.325 e. The molecular formula is C9H8Br2ClNO2. The molecular weight excluding hydrogens is 349 g/mol. The molecule has 0 spiro atoms. The lowest BCUT2D eigenvalue weighted by Gasteiger charge is -2.10. The molecule has 0 unspecified atom stereocenters. The summed E-state index contributed by atoms with van der Waals surface area (Å²) in [6.07, 6.45) is 0. The molecule has 15 heavy (non-hydrogen) atoms. The van der Waals surface area contributed by atoms with Crippen LogP contribution in [-0.2, 0) is 9.53 Å². The number of hydrogen-bond donors (Lipinski definition) is 1. The van der Waals surface area contributed by atoms with Crippen molar-refractivity contribution in [3.05, 3.63) is 26.1 Å². The van der Waals surface area contributed by atoms with Gasteiger partial charge in [0.05, 0.1) is 12.8 Å². The summed E-state index contributed by atoms with van der Waals surface area (Å²) < 4.78 is 6.08. The third-order valence-corrected chi connectivity index (χ3v) is 3.11. The molecule has 0 fully saturated rings. The van der Waals surface area contributed by atoms with Crippen molar-refractivity contribution in [3.63, 3.8) is 0 Å². The Labute approximate surface area is 109 Å². The number of esters is 1. The van der Waals surface area contributed by atoms with Crippen LogP contribution in [0.25, 0.3) is 0 Å². The largest absolute Gasteiger partial charge is 0.468 e. The summed E-state index contributed by atoms with van der Waals surface area (Å²) in [6.45, 7) is 0.106. The molecule has 3 nitrogen and oxygen atoms in total. The molecule has 82 valence electrons. The fourth-order valence-corrected chi connectivity index (χ4v) is 2.89. The maximum absolute atomic E-state index is 10.9. The second-order valence-corrected chi connectivity index (χ2v) is 4.82. The molecule has 1 aromatic rings. The van der Waals surface area contributed by atoms with Crippen LogP contribution in [0.5, 0.6) is 0 Å². The molecule has 6 heteroatoms. The van der Waals surface area contributed by atoms with Gasteiger partial charge in [-0.2, -0.15) is 0 Å². The summed E-state index contributed by atoms with van der Waals surface area (Å²) in [7, 11) is 1.34. The molecule has 1 aromatic carbocycles. The molecule has 0 aliphatic heterocycles. The number of benzene rings is 1. The minimum absolute atomic E-state index is 0.106. The Bertz CT molecular complexity index is 361. The molecule has 1 rings (SSSR count). The summed E-state index contributed by atoms with van der Waals surface area (Å²) in [5.41, 5.74) is 0.768. The molecule has 0 aromatic heterocycles. The molecule has 0 heterocycles. The summed E-state index contributed by atoms with van der Waals surface area (Å²) in [5.74, 6) is -0.330. The van der Waals surface area contributed by atoms with E-state index in [0.717, 1.165) is 14.6 Å². The van der Waals surface area contributed by atoms with Gasteiger partial charge in [-0.3, -0.25) is 4.79 Å². The van der Waals surface area contributed by atoms with E-state index in [1.54, 1.807) is 12.1 Å². The molecule has 0 aliphatic carbocycles. The van der Waals surface area contributed by atoms with E-state index in [2.05, 4.69) is 41.9 Å². The highest BCUT2D eigenvalue weighted by Crippen LogP contribution is 2.33. The van der Waals surface area contributed by atoms with Gasteiger partial charge in [-0.1, -0.05) is 11.6 Å². The first kappa shape index (κ1) is 12.8. The van der Waals surface area contributed by atoms with Gasteiger partial charge < -0.3 is 10.1 Å². The third kappa shape index (κ3) is 3.66. The van der Waals surface area contributed by atoms with Crippen molar-refractivity contribution in [1.29, 1.82) is 0 Å². The first-order valence-corrected chi connectivity index (χ1v) is 5.96. The van der Waals surface area contributed by atoms with Gasteiger partial charge in [-0.05, 0) is 44.0 Å². The van der Waals surface area contributed by atoms with Gasteiger partial charge in [-0.15, -0.1) is 0 Å². The fraction of sp³-hybridized carbons (Fsp3) is 0.222. The van der Waals surface area contributed by atoms with E-state index in [-0.39, 0.29) is 12.5 Å². The van der Waals surface area contributed by atoms with Gasteiger partial charge in [0.15, 0.2) is 0 Å². The van der Waals surface area contributed by atoms with Crippen molar-refractivity contribution >= 4 is 55.1 Å². The fourth-order valence-electron chi connectivity index (χ4n) is 0.944. The number of ether oxygens (including phenoxy) is 1. The van der Waals surface area contributed by atoms with Crippen molar-refractivity contribution in [2.24, 2.45) is 0 Å². The Kier molecular flexibility index (Phi) is 4.89. The van der Waals surface area contributed by atoms with E-state index in [1.807, 2.05) is 0 Å². The van der Waals surface area contributed by atoms with Gasteiger partial charge in [0.1, 0.15) is 6.54 Å². The molecule has 0 atom stereocenters. The standard InChI is InChI=1S/C9H8Br2ClNO2/c1-15-8(14)4-13-9-6(10)2-5(12)3-7(9)11/h2-3,13H,4H2,1H3. The Morgan fingerprint density at radius 3 is 2.47 bits per heavy atom. The monoisotopic (exact) mass is 355 g/mol. The lowest BCUT2D eigenvalue weighted by molar-refractivity contribution is -0.138. The number of halogens is 3. The number of rotatable bonds is 3. The summed E-state index contributed by atoms with van der Waals surface area (Å²) >= 11 is 12.5. The van der Waals surface area contributed by atoms with E-state index >= 15 is 0 Å². The Hall–Kier alpha value is -0.260. The summed E-state index contributed by atoms with van der Waals surface area (Å²) in [4.78, 5) is 10.9. The zero-order chi connectivity index (χ0) is 11.4. The number of methoxy groups -OCH3 is 1. The molecule has 0 bridgehead atoms. The van der Waals surface area contributed by atoms with Gasteiger partial charge in [0, 0.05) is 14.0 Å². The van der Waals surface area contributed by atoms with Crippen LogP contribution in [0.4, 0.5) is 5.69 Å². The molecule has 0 saturated heterocycles. The van der Waals surface area contributed by atoms with Crippen molar-refractivity contribution in [2.45, 2.75) is 0 Å². The minimum atomic E-state index is -0.330. The number of hydrogen-bond acceptors (Lipinski definition) is 3. The van der Waals surface area contributed by atoms with Crippen molar-refractivity contribution in [1.82, 2.24) is 0 Å². The minimum Gasteiger partial charge on any atom is -0.468 e. The number of nitrogens with one attached hydrogen (secondary N) is 1. The highest BCUT2D eigenvalue weighted by atomic mass is 79.9. The van der Waals surface area contributed by atoms with Gasteiger partial charge in [0.2, 0.25) is 0 Å². The average molecular weight is 357 g/mol. The second kappa shape index (κ2) is 5.72. The zero-order valence-electron chi connectivity index (χ0n) is 7.81. The predicted octanol–water partition coefficient (Wildman–Crippen LogP) is 3.45. The highest BCUT2D eigenvalue weighted by molar-refractivity contribution is 9.11. The van der Waals surface area contributed by atoms with Crippen LogP contribution in [0.1, 0.15) is 0 Å². The highest BCUT2D eigenvalue weighted by Gasteiger charge is 2.08. The summed E-state index contributed by atoms with van der Waals surface area (Å²) in [6, 6.07) is 3.48. The van der Waals surface area contributed by atoms with Crippen molar-refractivity contribution in [2.75, 3.05) is 19.0 Å². The Morgan fingerprint density at radius 2 is 2.00 bits per heavy atom. The van der Waals surface area contributed by atoms with Crippen LogP contribution in [0.3, 0.4) is 0 Å². The van der Waals surface area contributed by atoms with Crippen LogP contribution in [0.15, 0.2) is 21.1 Å². The lowest BCUT2D eigenvalue weighted by atomic mass is 10.3. The normalized spacial score (nSPS) is 9.87. The topological polar surface area (TPSA) is 38.3 Å². The SMILES string of the molecule is COC(=O)CNc1c(Br)cc(Cl)cc1Br. The summed E-state index contributed by atoms with van der Waals surface area (Å²) in [5, 5.41) is 3.54. The van der Waals surface area contributed by atoms with E-state index in [1.165, 1.54) is 7.11 Å². The first-order valence-electron chi connectivity index (χ1n) is 4.00. The van der Waals surface area contributed by atoms with Crippen molar-refractivity contribution in [3.8, 4) is 0 Å². The van der Waals surface area contributed by atoms with E-state index in [4.69, 9.17) is 11.6 Å². The van der Waals surface area contributed by atoms with Crippen LogP contribution in [0.2, 0.25) is 5.02 Å². The van der Waals surface area contributed by atoms with Crippen LogP contribution >= 0.6 is 43.5 Å². The third-order valence-electron chi connectivity index (χ3n) is 1.64. The maximum atomic E-state index is 10.9. The van der Waals surface area contributed by atoms with E-state index in [0.29, 0.717) is 5.02 Å². The maximum Gasteiger partial charge on any atom is 0.325 e. The van der Waals surface area contributed by atoms with Crippen LogP contribution in [0, 0.1) is 0 Å². The Balaban J connectivity index is 2.81. The number of anilines is 1. The zero-order valence-corrected chi connectivity index (χ0v) is 11.7. The first-order chi connectivity index (χ1) is 7.04. The molecule has 1 N–H and O–H groups in total. The molecule has 0 saturated carbocycles. The molecule has 0 radical (unpaired) electrons. The van der Waals surface area contributed by atoms with Gasteiger partial charge in [-0.25, -0.2) is 0 Å². The number of carbonyl (C=O) groups excluding carboxylic acids is 1. The lowest BCUT2D eigenvalue weighted by Crippen LogP contribution is -2.15. The van der Waals surface area contributed by atoms with E-state index in [9.17, 15) is 4.79 Å². The number of carbonyl (C=O) groups is 1. The van der Waals surface area contributed by atoms with Gasteiger partial charge in [0.25, 0.3) is 0 Å². The second-order valence-electron chi connectivity index (χ2n) is 2.67. The molecule has 0 amide bonds.